The standard InChI is InChI=1S/C19H24N2O2/c1-2-3-13-23-17-7-6-16(15-5-4-10-21-18(15)17)19(22)14-8-11-20-12-9-14/h4-7,10,14,20H,2-3,8-9,11-13H2,1H3. The van der Waals surface area contributed by atoms with Gasteiger partial charge in [0.15, 0.2) is 5.78 Å². The zero-order valence-electron chi connectivity index (χ0n) is 13.7. The highest BCUT2D eigenvalue weighted by atomic mass is 16.5. The molecular weight excluding hydrogens is 288 g/mol. The Bertz CT molecular complexity index is 678. The maximum Gasteiger partial charge on any atom is 0.166 e. The molecule has 1 aliphatic rings. The van der Waals surface area contributed by atoms with Gasteiger partial charge in [0.05, 0.1) is 6.61 Å². The van der Waals surface area contributed by atoms with E-state index in [-0.39, 0.29) is 11.7 Å². The minimum atomic E-state index is 0.117. The van der Waals surface area contributed by atoms with Gasteiger partial charge < -0.3 is 10.1 Å². The number of pyridine rings is 1. The number of unbranched alkanes of at least 4 members (excludes halogenated alkanes) is 1. The molecule has 1 N–H and O–H groups in total. The van der Waals surface area contributed by atoms with E-state index in [9.17, 15) is 4.79 Å². The van der Waals surface area contributed by atoms with E-state index in [2.05, 4.69) is 17.2 Å². The van der Waals surface area contributed by atoms with Gasteiger partial charge in [-0.25, -0.2) is 0 Å². The van der Waals surface area contributed by atoms with Crippen LogP contribution in [0.15, 0.2) is 30.5 Å². The van der Waals surface area contributed by atoms with Crippen LogP contribution in [-0.4, -0.2) is 30.5 Å². The van der Waals surface area contributed by atoms with Crippen LogP contribution < -0.4 is 10.1 Å². The first-order chi connectivity index (χ1) is 11.3. The van der Waals surface area contributed by atoms with Gasteiger partial charge in [-0.15, -0.1) is 0 Å². The fourth-order valence-corrected chi connectivity index (χ4v) is 3.11. The van der Waals surface area contributed by atoms with Crippen molar-refractivity contribution in [3.8, 4) is 5.75 Å². The molecule has 1 aromatic heterocycles. The van der Waals surface area contributed by atoms with Crippen LogP contribution in [0.1, 0.15) is 43.0 Å². The first-order valence-corrected chi connectivity index (χ1v) is 8.56. The van der Waals surface area contributed by atoms with Crippen molar-refractivity contribution in [3.63, 3.8) is 0 Å². The Hall–Kier alpha value is -1.94. The average molecular weight is 312 g/mol. The minimum Gasteiger partial charge on any atom is -0.491 e. The third kappa shape index (κ3) is 3.53. The number of hydrogen-bond donors (Lipinski definition) is 1. The second-order valence-corrected chi connectivity index (χ2v) is 6.10. The van der Waals surface area contributed by atoms with Crippen molar-refractivity contribution in [2.45, 2.75) is 32.6 Å². The highest BCUT2D eigenvalue weighted by Gasteiger charge is 2.24. The van der Waals surface area contributed by atoms with Crippen molar-refractivity contribution in [1.29, 1.82) is 0 Å². The maximum absolute atomic E-state index is 12.9. The number of hydrogen-bond acceptors (Lipinski definition) is 4. The van der Waals surface area contributed by atoms with Crippen molar-refractivity contribution in [3.05, 3.63) is 36.0 Å². The monoisotopic (exact) mass is 312 g/mol. The smallest absolute Gasteiger partial charge is 0.166 e. The van der Waals surface area contributed by atoms with Gasteiger partial charge in [0.25, 0.3) is 0 Å². The van der Waals surface area contributed by atoms with E-state index < -0.39 is 0 Å². The van der Waals surface area contributed by atoms with Gasteiger partial charge in [-0.3, -0.25) is 9.78 Å². The van der Waals surface area contributed by atoms with Gasteiger partial charge in [-0.2, -0.15) is 0 Å². The number of ether oxygens (including phenoxy) is 1. The van der Waals surface area contributed by atoms with E-state index in [4.69, 9.17) is 4.74 Å². The molecule has 0 saturated carbocycles. The summed E-state index contributed by atoms with van der Waals surface area (Å²) in [5.41, 5.74) is 1.58. The van der Waals surface area contributed by atoms with E-state index in [1.165, 1.54) is 0 Å². The molecular formula is C19H24N2O2. The second-order valence-electron chi connectivity index (χ2n) is 6.10. The van der Waals surface area contributed by atoms with Crippen LogP contribution in [-0.2, 0) is 0 Å². The molecule has 122 valence electrons. The normalized spacial score (nSPS) is 15.7. The molecule has 0 radical (unpaired) electrons. The van der Waals surface area contributed by atoms with Gasteiger partial charge in [0.1, 0.15) is 11.3 Å². The highest BCUT2D eigenvalue weighted by Crippen LogP contribution is 2.30. The molecule has 4 nitrogen and oxygen atoms in total. The summed E-state index contributed by atoms with van der Waals surface area (Å²) >= 11 is 0. The Morgan fingerprint density at radius 2 is 2.13 bits per heavy atom. The summed E-state index contributed by atoms with van der Waals surface area (Å²) in [5, 5.41) is 4.22. The molecule has 1 saturated heterocycles. The van der Waals surface area contributed by atoms with Gasteiger partial charge >= 0.3 is 0 Å². The molecule has 1 fully saturated rings. The number of aromatic nitrogens is 1. The molecule has 1 aromatic carbocycles. The molecule has 2 heterocycles. The molecule has 0 amide bonds. The van der Waals surface area contributed by atoms with Gasteiger partial charge in [0.2, 0.25) is 0 Å². The maximum atomic E-state index is 12.9. The molecule has 2 aromatic rings. The lowest BCUT2D eigenvalue weighted by atomic mass is 9.88. The third-order valence-electron chi connectivity index (χ3n) is 4.46. The summed E-state index contributed by atoms with van der Waals surface area (Å²) in [4.78, 5) is 17.3. The summed E-state index contributed by atoms with van der Waals surface area (Å²) in [6.45, 7) is 4.67. The first-order valence-electron chi connectivity index (χ1n) is 8.56. The zero-order chi connectivity index (χ0) is 16.1. The molecule has 23 heavy (non-hydrogen) atoms. The van der Waals surface area contributed by atoms with E-state index in [0.717, 1.165) is 61.0 Å². The number of fused-ring (bicyclic) bond motifs is 1. The van der Waals surface area contributed by atoms with Gasteiger partial charge in [0, 0.05) is 23.1 Å². The minimum absolute atomic E-state index is 0.117. The van der Waals surface area contributed by atoms with Crippen molar-refractivity contribution < 1.29 is 9.53 Å². The molecule has 1 aliphatic heterocycles. The predicted octanol–water partition coefficient (Wildman–Crippen LogP) is 3.60. The number of nitrogens with zero attached hydrogens (tertiary/aromatic N) is 1. The molecule has 0 aliphatic carbocycles. The van der Waals surface area contributed by atoms with Crippen molar-refractivity contribution in [2.75, 3.05) is 19.7 Å². The number of nitrogens with one attached hydrogen (secondary N) is 1. The summed E-state index contributed by atoms with van der Waals surface area (Å²) < 4.78 is 5.86. The molecule has 3 rings (SSSR count). The van der Waals surface area contributed by atoms with Crippen molar-refractivity contribution in [2.24, 2.45) is 5.92 Å². The Morgan fingerprint density at radius 1 is 1.30 bits per heavy atom. The molecule has 0 bridgehead atoms. The van der Waals surface area contributed by atoms with Gasteiger partial charge in [-0.1, -0.05) is 19.4 Å². The van der Waals surface area contributed by atoms with Crippen LogP contribution in [0, 0.1) is 5.92 Å². The fourth-order valence-electron chi connectivity index (χ4n) is 3.11. The summed E-state index contributed by atoms with van der Waals surface area (Å²) in [7, 11) is 0. The number of Topliss-reactive ketones (excluding diaryl/α,β-unsaturated/α-hetero) is 1. The fraction of sp³-hybridized carbons (Fsp3) is 0.474. The van der Waals surface area contributed by atoms with Crippen molar-refractivity contribution in [1.82, 2.24) is 10.3 Å². The summed E-state index contributed by atoms with van der Waals surface area (Å²) in [5.74, 6) is 1.13. The Morgan fingerprint density at radius 3 is 2.91 bits per heavy atom. The molecule has 0 atom stereocenters. The van der Waals surface area contributed by atoms with E-state index >= 15 is 0 Å². The molecule has 0 spiro atoms. The van der Waals surface area contributed by atoms with Crippen LogP contribution in [0.4, 0.5) is 0 Å². The van der Waals surface area contributed by atoms with Crippen molar-refractivity contribution >= 4 is 16.7 Å². The Kier molecular flexibility index (Phi) is 5.23. The number of piperidine rings is 1. The van der Waals surface area contributed by atoms with Crippen LogP contribution in [0.5, 0.6) is 5.75 Å². The molecule has 4 heteroatoms. The predicted molar refractivity (Wildman–Crippen MR) is 92.1 cm³/mol. The lowest BCUT2D eigenvalue weighted by Crippen LogP contribution is -2.32. The van der Waals surface area contributed by atoms with Crippen LogP contribution in [0.25, 0.3) is 10.9 Å². The van der Waals surface area contributed by atoms with Crippen LogP contribution in [0.2, 0.25) is 0 Å². The number of carbonyl (C=O) groups excluding carboxylic acids is 1. The number of benzene rings is 1. The van der Waals surface area contributed by atoms with Crippen LogP contribution >= 0.6 is 0 Å². The van der Waals surface area contributed by atoms with Gasteiger partial charge in [-0.05, 0) is 50.6 Å². The quantitative estimate of drug-likeness (QED) is 0.654. The number of carbonyl (C=O) groups is 1. The molecule has 0 unspecified atom stereocenters. The highest BCUT2D eigenvalue weighted by molar-refractivity contribution is 6.09. The Labute approximate surface area is 137 Å². The lowest BCUT2D eigenvalue weighted by Gasteiger charge is -2.22. The van der Waals surface area contributed by atoms with E-state index in [1.54, 1.807) is 6.20 Å². The summed E-state index contributed by atoms with van der Waals surface area (Å²) in [6.07, 6.45) is 5.69. The largest absolute Gasteiger partial charge is 0.491 e. The SMILES string of the molecule is CCCCOc1ccc(C(=O)C2CCNCC2)c2cccnc12. The number of ketones is 1. The first kappa shape index (κ1) is 15.9. The lowest BCUT2D eigenvalue weighted by molar-refractivity contribution is 0.0897. The van der Waals surface area contributed by atoms with E-state index in [1.807, 2.05) is 24.3 Å². The number of rotatable bonds is 6. The average Bonchev–Trinajstić information content (AvgIpc) is 2.62. The second kappa shape index (κ2) is 7.55. The Balaban J connectivity index is 1.92. The third-order valence-corrected chi connectivity index (χ3v) is 4.46. The van der Waals surface area contributed by atoms with Crippen LogP contribution in [0.3, 0.4) is 0 Å². The topological polar surface area (TPSA) is 51.2 Å². The zero-order valence-corrected chi connectivity index (χ0v) is 13.7. The summed E-state index contributed by atoms with van der Waals surface area (Å²) in [6, 6.07) is 7.68. The van der Waals surface area contributed by atoms with E-state index in [0.29, 0.717) is 6.61 Å².